The van der Waals surface area contributed by atoms with Crippen molar-refractivity contribution in [3.8, 4) is 27.9 Å². The van der Waals surface area contributed by atoms with Gasteiger partial charge in [0.25, 0.3) is 0 Å². The number of benzene rings is 8. The Balaban J connectivity index is 1.26. The van der Waals surface area contributed by atoms with Crippen molar-refractivity contribution >= 4 is 70.4 Å². The second kappa shape index (κ2) is 12.2. The zero-order chi connectivity index (χ0) is 33.7. The molecule has 240 valence electrons. The van der Waals surface area contributed by atoms with Gasteiger partial charge < -0.3 is 9.47 Å². The standard InChI is InChI=1S/C48H32N2S/c1-4-16-33(17-5-1)34-18-14-23-37(32-34)49(35-19-6-2-7-20-35)44-31-30-39(48-47(44)41-25-11-13-29-45(41)51-48)38-26-15-28-43-46(38)40-24-10-12-27-42(40)50(43)36-21-8-3-9-22-36/h1-32H. The van der Waals surface area contributed by atoms with E-state index < -0.39 is 0 Å². The zero-order valence-electron chi connectivity index (χ0n) is 27.8. The second-order valence-corrected chi connectivity index (χ2v) is 14.0. The largest absolute Gasteiger partial charge is 0.310 e. The summed E-state index contributed by atoms with van der Waals surface area (Å²) in [7, 11) is 0. The number of rotatable bonds is 6. The Labute approximate surface area is 300 Å². The van der Waals surface area contributed by atoms with Gasteiger partial charge in [0.05, 0.1) is 16.7 Å². The van der Waals surface area contributed by atoms with Gasteiger partial charge in [-0.1, -0.05) is 133 Å². The van der Waals surface area contributed by atoms with Crippen LogP contribution in [-0.4, -0.2) is 4.57 Å². The summed E-state index contributed by atoms with van der Waals surface area (Å²) >= 11 is 1.89. The second-order valence-electron chi connectivity index (χ2n) is 12.9. The zero-order valence-corrected chi connectivity index (χ0v) is 28.6. The lowest BCUT2D eigenvalue weighted by Gasteiger charge is -2.27. The number of anilines is 3. The van der Waals surface area contributed by atoms with E-state index in [9.17, 15) is 0 Å². The Kier molecular flexibility index (Phi) is 7.04. The molecule has 0 amide bonds. The minimum atomic E-state index is 1.12. The van der Waals surface area contributed by atoms with Crippen LogP contribution in [0, 0.1) is 0 Å². The molecule has 0 aliphatic carbocycles. The highest BCUT2D eigenvalue weighted by atomic mass is 32.1. The molecule has 51 heavy (non-hydrogen) atoms. The van der Waals surface area contributed by atoms with Crippen LogP contribution in [0.15, 0.2) is 194 Å². The van der Waals surface area contributed by atoms with Crippen LogP contribution in [0.25, 0.3) is 69.9 Å². The van der Waals surface area contributed by atoms with E-state index in [1.807, 2.05) is 11.3 Å². The van der Waals surface area contributed by atoms with Gasteiger partial charge in [-0.3, -0.25) is 0 Å². The molecule has 2 nitrogen and oxygen atoms in total. The molecule has 0 fully saturated rings. The Hall–Kier alpha value is -6.42. The average molecular weight is 669 g/mol. The monoisotopic (exact) mass is 668 g/mol. The summed E-state index contributed by atoms with van der Waals surface area (Å²) in [6, 6.07) is 70.2. The first-order valence-corrected chi connectivity index (χ1v) is 18.2. The first-order valence-electron chi connectivity index (χ1n) is 17.4. The van der Waals surface area contributed by atoms with Crippen LogP contribution in [0.1, 0.15) is 0 Å². The number of aromatic nitrogens is 1. The summed E-state index contributed by atoms with van der Waals surface area (Å²) in [6.07, 6.45) is 0. The molecule has 0 atom stereocenters. The molecule has 2 aromatic heterocycles. The molecular weight excluding hydrogens is 637 g/mol. The van der Waals surface area contributed by atoms with Crippen molar-refractivity contribution in [2.75, 3.05) is 4.90 Å². The third-order valence-corrected chi connectivity index (χ3v) is 11.2. The molecule has 0 saturated carbocycles. The van der Waals surface area contributed by atoms with Gasteiger partial charge >= 0.3 is 0 Å². The Morgan fingerprint density at radius 3 is 1.86 bits per heavy atom. The van der Waals surface area contributed by atoms with E-state index >= 15 is 0 Å². The van der Waals surface area contributed by atoms with Crippen LogP contribution in [0.5, 0.6) is 0 Å². The van der Waals surface area contributed by atoms with E-state index in [1.54, 1.807) is 0 Å². The van der Waals surface area contributed by atoms with Crippen molar-refractivity contribution in [1.29, 1.82) is 0 Å². The van der Waals surface area contributed by atoms with E-state index in [0.717, 1.165) is 11.4 Å². The van der Waals surface area contributed by atoms with Crippen molar-refractivity contribution in [1.82, 2.24) is 4.57 Å². The third kappa shape index (κ3) is 4.85. The van der Waals surface area contributed by atoms with Gasteiger partial charge in [0.1, 0.15) is 0 Å². The molecule has 0 spiro atoms. The Morgan fingerprint density at radius 2 is 1.04 bits per heavy atom. The van der Waals surface area contributed by atoms with Crippen LogP contribution in [0.4, 0.5) is 17.1 Å². The fraction of sp³-hybridized carbons (Fsp3) is 0. The van der Waals surface area contributed by atoms with Crippen molar-refractivity contribution in [3.63, 3.8) is 0 Å². The van der Waals surface area contributed by atoms with Crippen LogP contribution in [-0.2, 0) is 0 Å². The number of nitrogens with zero attached hydrogens (tertiary/aromatic N) is 2. The van der Waals surface area contributed by atoms with Gasteiger partial charge in [0, 0.05) is 53.6 Å². The molecular formula is C48H32N2S. The van der Waals surface area contributed by atoms with E-state index in [4.69, 9.17) is 0 Å². The smallest absolute Gasteiger partial charge is 0.0555 e. The molecule has 0 aliphatic rings. The van der Waals surface area contributed by atoms with Gasteiger partial charge in [-0.25, -0.2) is 0 Å². The number of para-hydroxylation sites is 3. The molecule has 2 heterocycles. The van der Waals surface area contributed by atoms with E-state index in [1.165, 1.54) is 75.6 Å². The molecule has 0 radical (unpaired) electrons. The molecule has 0 N–H and O–H groups in total. The lowest BCUT2D eigenvalue weighted by atomic mass is 9.96. The number of fused-ring (bicyclic) bond motifs is 6. The van der Waals surface area contributed by atoms with E-state index in [2.05, 4.69) is 204 Å². The first kappa shape index (κ1) is 29.5. The number of thiophene rings is 1. The molecule has 0 aliphatic heterocycles. The minimum absolute atomic E-state index is 1.12. The minimum Gasteiger partial charge on any atom is -0.310 e. The maximum Gasteiger partial charge on any atom is 0.0555 e. The molecule has 8 aromatic carbocycles. The van der Waals surface area contributed by atoms with Crippen LogP contribution < -0.4 is 4.90 Å². The predicted octanol–water partition coefficient (Wildman–Crippen LogP) is 14.0. The number of hydrogen-bond acceptors (Lipinski definition) is 2. The topological polar surface area (TPSA) is 8.17 Å². The quantitative estimate of drug-likeness (QED) is 0.171. The third-order valence-electron chi connectivity index (χ3n) is 9.97. The summed E-state index contributed by atoms with van der Waals surface area (Å²) in [5.74, 6) is 0. The lowest BCUT2D eigenvalue weighted by Crippen LogP contribution is -2.10. The Bertz CT molecular complexity index is 2850. The van der Waals surface area contributed by atoms with Crippen molar-refractivity contribution in [2.24, 2.45) is 0 Å². The van der Waals surface area contributed by atoms with Crippen molar-refractivity contribution in [2.45, 2.75) is 0 Å². The van der Waals surface area contributed by atoms with Gasteiger partial charge in [0.15, 0.2) is 0 Å². The van der Waals surface area contributed by atoms with Crippen molar-refractivity contribution < 1.29 is 0 Å². The number of hydrogen-bond donors (Lipinski definition) is 0. The predicted molar refractivity (Wildman–Crippen MR) is 219 cm³/mol. The lowest BCUT2D eigenvalue weighted by molar-refractivity contribution is 1.18. The van der Waals surface area contributed by atoms with Gasteiger partial charge in [-0.05, 0) is 77.4 Å². The molecule has 10 aromatic rings. The molecule has 3 heteroatoms. The normalized spacial score (nSPS) is 11.5. The Morgan fingerprint density at radius 1 is 0.412 bits per heavy atom. The molecule has 10 rings (SSSR count). The highest BCUT2D eigenvalue weighted by molar-refractivity contribution is 7.26. The maximum atomic E-state index is 2.43. The van der Waals surface area contributed by atoms with Gasteiger partial charge in [-0.2, -0.15) is 0 Å². The van der Waals surface area contributed by atoms with Crippen molar-refractivity contribution in [3.05, 3.63) is 194 Å². The average Bonchev–Trinajstić information content (AvgIpc) is 3.76. The van der Waals surface area contributed by atoms with Gasteiger partial charge in [-0.15, -0.1) is 11.3 Å². The molecule has 0 unspecified atom stereocenters. The summed E-state index contributed by atoms with van der Waals surface area (Å²) in [4.78, 5) is 2.43. The summed E-state index contributed by atoms with van der Waals surface area (Å²) in [5.41, 5.74) is 11.9. The van der Waals surface area contributed by atoms with Crippen LogP contribution in [0.2, 0.25) is 0 Å². The SMILES string of the molecule is c1ccc(-c2cccc(N(c3ccccc3)c3ccc(-c4cccc5c4c4ccccc4n5-c4ccccc4)c4sc5ccccc5c34)c2)cc1. The maximum absolute atomic E-state index is 2.43. The van der Waals surface area contributed by atoms with Gasteiger partial charge in [0.2, 0.25) is 0 Å². The first-order chi connectivity index (χ1) is 25.3. The van der Waals surface area contributed by atoms with E-state index in [0.29, 0.717) is 0 Å². The molecule has 0 bridgehead atoms. The summed E-state index contributed by atoms with van der Waals surface area (Å²) in [6.45, 7) is 0. The summed E-state index contributed by atoms with van der Waals surface area (Å²) < 4.78 is 4.98. The van der Waals surface area contributed by atoms with Crippen LogP contribution >= 0.6 is 11.3 Å². The molecule has 0 saturated heterocycles. The van der Waals surface area contributed by atoms with E-state index in [-0.39, 0.29) is 0 Å². The van der Waals surface area contributed by atoms with Crippen LogP contribution in [0.3, 0.4) is 0 Å². The fourth-order valence-corrected chi connectivity index (χ4v) is 9.02. The highest BCUT2D eigenvalue weighted by Gasteiger charge is 2.23. The summed E-state index contributed by atoms with van der Waals surface area (Å²) in [5, 5.41) is 5.08. The highest BCUT2D eigenvalue weighted by Crippen LogP contribution is 2.50. The fourth-order valence-electron chi connectivity index (χ4n) is 7.77.